The lowest BCUT2D eigenvalue weighted by Crippen LogP contribution is -2.36. The highest BCUT2D eigenvalue weighted by Crippen LogP contribution is 2.40. The molecule has 1 aliphatic heterocycles. The number of aromatic nitrogens is 2. The van der Waals surface area contributed by atoms with E-state index in [1.807, 2.05) is 18.1 Å². The maximum Gasteiger partial charge on any atom is 0.236 e. The summed E-state index contributed by atoms with van der Waals surface area (Å²) in [5, 5.41) is 4.09. The monoisotopic (exact) mass is 281 g/mol. The molecular weight excluding hydrogens is 262 g/mol. The fourth-order valence-corrected chi connectivity index (χ4v) is 2.85. The number of hydrogen-bond acceptors (Lipinski definition) is 5. The Bertz CT molecular complexity index is 472. The third-order valence-corrected chi connectivity index (χ3v) is 4.83. The average Bonchev–Trinajstić information content (AvgIpc) is 2.97. The highest BCUT2D eigenvalue weighted by molar-refractivity contribution is 7.99. The average molecular weight is 281 g/mol. The molecule has 0 unspecified atom stereocenters. The molecule has 19 heavy (non-hydrogen) atoms. The molecule has 2 aliphatic rings. The maximum atomic E-state index is 12.3. The maximum absolute atomic E-state index is 12.3. The van der Waals surface area contributed by atoms with E-state index in [9.17, 15) is 4.79 Å². The molecule has 1 aliphatic carbocycles. The summed E-state index contributed by atoms with van der Waals surface area (Å²) in [6, 6.07) is 0.0124. The first-order chi connectivity index (χ1) is 9.20. The van der Waals surface area contributed by atoms with E-state index in [0.717, 1.165) is 38.1 Å². The van der Waals surface area contributed by atoms with Crippen LogP contribution in [0.3, 0.4) is 0 Å². The van der Waals surface area contributed by atoms with Crippen LogP contribution in [-0.4, -0.2) is 39.0 Å². The van der Waals surface area contributed by atoms with Crippen molar-refractivity contribution >= 4 is 17.7 Å². The number of nitrogens with zero attached hydrogens (tertiary/aromatic N) is 3. The fraction of sp³-hybridized carbons (Fsp3) is 0.769. The second-order valence-electron chi connectivity index (χ2n) is 5.33. The lowest BCUT2D eigenvalue weighted by atomic mass is 10.2. The molecule has 0 N–H and O–H groups in total. The van der Waals surface area contributed by atoms with Gasteiger partial charge >= 0.3 is 0 Å². The summed E-state index contributed by atoms with van der Waals surface area (Å²) in [6.07, 6.45) is 6.23. The van der Waals surface area contributed by atoms with E-state index in [4.69, 9.17) is 4.52 Å². The van der Waals surface area contributed by atoms with Gasteiger partial charge < -0.3 is 9.42 Å². The summed E-state index contributed by atoms with van der Waals surface area (Å²) in [6.45, 7) is 2.76. The van der Waals surface area contributed by atoms with E-state index in [0.29, 0.717) is 11.7 Å². The van der Waals surface area contributed by atoms with Gasteiger partial charge in [0, 0.05) is 12.5 Å². The predicted octanol–water partition coefficient (Wildman–Crippen LogP) is 2.36. The first kappa shape index (κ1) is 13.0. The Kier molecular flexibility index (Phi) is 3.52. The van der Waals surface area contributed by atoms with E-state index in [-0.39, 0.29) is 17.2 Å². The zero-order valence-electron chi connectivity index (χ0n) is 11.3. The molecule has 104 valence electrons. The van der Waals surface area contributed by atoms with Gasteiger partial charge in [-0.25, -0.2) is 0 Å². The highest BCUT2D eigenvalue weighted by Gasteiger charge is 2.37. The molecule has 1 aromatic rings. The largest absolute Gasteiger partial charge is 0.339 e. The van der Waals surface area contributed by atoms with E-state index in [1.54, 1.807) is 11.8 Å². The molecule has 6 heteroatoms. The minimum Gasteiger partial charge on any atom is -0.339 e. The van der Waals surface area contributed by atoms with Gasteiger partial charge in [-0.1, -0.05) is 5.16 Å². The van der Waals surface area contributed by atoms with Gasteiger partial charge in [-0.3, -0.25) is 4.79 Å². The lowest BCUT2D eigenvalue weighted by Gasteiger charge is -2.24. The number of hydrogen-bond donors (Lipinski definition) is 0. The van der Waals surface area contributed by atoms with E-state index >= 15 is 0 Å². The van der Waals surface area contributed by atoms with Gasteiger partial charge in [0.15, 0.2) is 5.82 Å². The van der Waals surface area contributed by atoms with Crippen LogP contribution < -0.4 is 0 Å². The van der Waals surface area contributed by atoms with Gasteiger partial charge in [-0.05, 0) is 38.9 Å². The van der Waals surface area contributed by atoms with E-state index < -0.39 is 0 Å². The number of rotatable bonds is 4. The van der Waals surface area contributed by atoms with Crippen LogP contribution in [-0.2, 0) is 4.79 Å². The Morgan fingerprint density at radius 3 is 2.95 bits per heavy atom. The minimum absolute atomic E-state index is 0.00426. The summed E-state index contributed by atoms with van der Waals surface area (Å²) < 4.78 is 5.31. The zero-order valence-corrected chi connectivity index (χ0v) is 12.2. The summed E-state index contributed by atoms with van der Waals surface area (Å²) in [5.41, 5.74) is 0. The molecule has 2 fully saturated rings. The topological polar surface area (TPSA) is 59.2 Å². The second-order valence-corrected chi connectivity index (χ2v) is 6.51. The normalized spacial score (nSPS) is 24.7. The van der Waals surface area contributed by atoms with Gasteiger partial charge in [0.25, 0.3) is 0 Å². The standard InChI is InChI=1S/C13H19N3O2S/c1-8(19-2)13(17)16-7-3-4-10(16)11-14-12(18-15-11)9-5-6-9/h8-10H,3-7H2,1-2H3/t8-,10-/m1/s1. The molecule has 2 atom stereocenters. The molecule has 0 spiro atoms. The molecule has 1 saturated carbocycles. The quantitative estimate of drug-likeness (QED) is 0.848. The van der Waals surface area contributed by atoms with Crippen LogP contribution in [0.15, 0.2) is 4.52 Å². The molecule has 2 heterocycles. The molecule has 1 saturated heterocycles. The Balaban J connectivity index is 1.76. The summed E-state index contributed by atoms with van der Waals surface area (Å²) in [5.74, 6) is 2.11. The van der Waals surface area contributed by atoms with Crippen LogP contribution in [0.2, 0.25) is 0 Å². The van der Waals surface area contributed by atoms with Crippen molar-refractivity contribution in [3.05, 3.63) is 11.7 Å². The first-order valence-corrected chi connectivity index (χ1v) is 8.16. The first-order valence-electron chi connectivity index (χ1n) is 6.87. The number of likely N-dealkylation sites (tertiary alicyclic amines) is 1. The number of carbonyl (C=O) groups excluding carboxylic acids is 1. The number of amides is 1. The van der Waals surface area contributed by atoms with E-state index in [2.05, 4.69) is 10.1 Å². The molecule has 1 aromatic heterocycles. The number of thioether (sulfide) groups is 1. The van der Waals surface area contributed by atoms with Crippen LogP contribution in [0.1, 0.15) is 56.3 Å². The van der Waals surface area contributed by atoms with Crippen LogP contribution in [0, 0.1) is 0 Å². The van der Waals surface area contributed by atoms with Crippen molar-refractivity contribution in [3.8, 4) is 0 Å². The molecule has 0 radical (unpaired) electrons. The van der Waals surface area contributed by atoms with Gasteiger partial charge in [-0.2, -0.15) is 16.7 Å². The van der Waals surface area contributed by atoms with Crippen LogP contribution in [0.5, 0.6) is 0 Å². The van der Waals surface area contributed by atoms with Crippen molar-refractivity contribution in [1.29, 1.82) is 0 Å². The Morgan fingerprint density at radius 1 is 1.47 bits per heavy atom. The third kappa shape index (κ3) is 2.50. The summed E-state index contributed by atoms with van der Waals surface area (Å²) >= 11 is 1.58. The minimum atomic E-state index is -0.00426. The van der Waals surface area contributed by atoms with Gasteiger partial charge in [0.1, 0.15) is 0 Å². The summed E-state index contributed by atoms with van der Waals surface area (Å²) in [7, 11) is 0. The van der Waals surface area contributed by atoms with Gasteiger partial charge in [-0.15, -0.1) is 0 Å². The molecule has 1 amide bonds. The molecule has 3 rings (SSSR count). The molecule has 5 nitrogen and oxygen atoms in total. The predicted molar refractivity (Wildman–Crippen MR) is 72.9 cm³/mol. The lowest BCUT2D eigenvalue weighted by molar-refractivity contribution is -0.131. The van der Waals surface area contributed by atoms with Crippen LogP contribution in [0.25, 0.3) is 0 Å². The van der Waals surface area contributed by atoms with Crippen molar-refractivity contribution in [2.45, 2.75) is 49.8 Å². The third-order valence-electron chi connectivity index (χ3n) is 3.92. The smallest absolute Gasteiger partial charge is 0.236 e. The van der Waals surface area contributed by atoms with Crippen molar-refractivity contribution in [2.75, 3.05) is 12.8 Å². The van der Waals surface area contributed by atoms with Gasteiger partial charge in [0.2, 0.25) is 11.8 Å². The van der Waals surface area contributed by atoms with Crippen molar-refractivity contribution in [2.24, 2.45) is 0 Å². The zero-order chi connectivity index (χ0) is 13.4. The SMILES string of the molecule is CS[C@H](C)C(=O)N1CCC[C@@H]1c1noc(C2CC2)n1. The van der Waals surface area contributed by atoms with Crippen LogP contribution in [0.4, 0.5) is 0 Å². The van der Waals surface area contributed by atoms with Gasteiger partial charge in [0.05, 0.1) is 11.3 Å². The summed E-state index contributed by atoms with van der Waals surface area (Å²) in [4.78, 5) is 18.7. The van der Waals surface area contributed by atoms with Crippen LogP contribution >= 0.6 is 11.8 Å². The Hall–Kier alpha value is -1.04. The molecule has 0 bridgehead atoms. The Morgan fingerprint density at radius 2 is 2.26 bits per heavy atom. The van der Waals surface area contributed by atoms with Crippen molar-refractivity contribution in [3.63, 3.8) is 0 Å². The number of carbonyl (C=O) groups is 1. The molecule has 0 aromatic carbocycles. The second kappa shape index (κ2) is 5.15. The Labute approximate surface area is 117 Å². The van der Waals surface area contributed by atoms with Crippen molar-refractivity contribution < 1.29 is 9.32 Å². The fourth-order valence-electron chi connectivity index (χ4n) is 2.51. The molecular formula is C13H19N3O2S. The van der Waals surface area contributed by atoms with E-state index in [1.165, 1.54) is 0 Å². The highest BCUT2D eigenvalue weighted by atomic mass is 32.2. The van der Waals surface area contributed by atoms with Crippen molar-refractivity contribution in [1.82, 2.24) is 15.0 Å².